The second-order valence-electron chi connectivity index (χ2n) is 17.0. The number of nitrogens with two attached hydrogens (primary N) is 2. The maximum absolute atomic E-state index is 12.8. The molecule has 0 aliphatic carbocycles. The number of rotatable bonds is 36. The first-order chi connectivity index (χ1) is 40.2. The largest absolute Gasteiger partial charge is 0.478 e. The fourth-order valence-electron chi connectivity index (χ4n) is 5.35. The monoisotopic (exact) mass is 1400 g/mol. The van der Waals surface area contributed by atoms with Crippen LogP contribution in [0.2, 0.25) is 0 Å². The predicted molar refractivity (Wildman–Crippen MR) is 316 cm³/mol. The predicted octanol–water partition coefficient (Wildman–Crippen LogP) is -5.87. The van der Waals surface area contributed by atoms with Gasteiger partial charge < -0.3 is 116 Å². The van der Waals surface area contributed by atoms with Crippen LogP contribution in [0.5, 0.6) is 0 Å². The van der Waals surface area contributed by atoms with E-state index in [0.29, 0.717) is 69.4 Å². The number of amides is 4. The van der Waals surface area contributed by atoms with Crippen molar-refractivity contribution in [2.24, 2.45) is 16.5 Å². The van der Waals surface area contributed by atoms with Crippen molar-refractivity contribution in [2.75, 3.05) is 137 Å². The van der Waals surface area contributed by atoms with Crippen molar-refractivity contribution in [1.29, 1.82) is 0 Å². The van der Waals surface area contributed by atoms with Gasteiger partial charge in [0.2, 0.25) is 11.8 Å². The van der Waals surface area contributed by atoms with Crippen LogP contribution in [0.25, 0.3) is 0 Å². The molecule has 1 heterocycles. The molecule has 0 saturated carbocycles. The van der Waals surface area contributed by atoms with Gasteiger partial charge in [0.1, 0.15) is 38.1 Å². The number of ether oxygens (including phenoxy) is 1. The van der Waals surface area contributed by atoms with E-state index in [-0.39, 0.29) is 39.0 Å². The third-order valence-electron chi connectivity index (χ3n) is 8.33. The third-order valence-corrected chi connectivity index (χ3v) is 12.3. The Morgan fingerprint density at radius 3 is 1.17 bits per heavy atom. The molecule has 1 rings (SSSR count). The number of esters is 2. The highest BCUT2D eigenvalue weighted by molar-refractivity contribution is 7.53. The molecule has 512 valence electrons. The van der Waals surface area contributed by atoms with Crippen LogP contribution in [0.15, 0.2) is 70.8 Å². The summed E-state index contributed by atoms with van der Waals surface area (Å²) < 4.78 is 70.2. The Morgan fingerprint density at radius 1 is 0.562 bits per heavy atom. The smallest absolute Gasteiger partial charge is 0.339 e. The highest BCUT2D eigenvalue weighted by Crippen LogP contribution is 2.42. The molecule has 47 heteroatoms. The van der Waals surface area contributed by atoms with Crippen molar-refractivity contribution < 1.29 is 139 Å². The Hall–Kier alpha value is -5.45. The number of nitrogens with one attached hydrogen (secondary N) is 4. The number of carboxylic acid groups (broad SMARTS) is 2. The zero-order valence-electron chi connectivity index (χ0n) is 47.2. The van der Waals surface area contributed by atoms with Crippen LogP contribution >= 0.6 is 45.6 Å². The van der Waals surface area contributed by atoms with Gasteiger partial charge >= 0.3 is 69.5 Å². The van der Waals surface area contributed by atoms with Crippen molar-refractivity contribution in [2.45, 2.75) is 7.43 Å². The Labute approximate surface area is 510 Å². The maximum atomic E-state index is 12.8. The number of carboxylic acids is 2. The van der Waals surface area contributed by atoms with Crippen LogP contribution in [-0.2, 0) is 70.5 Å². The van der Waals surface area contributed by atoms with E-state index in [1.807, 2.05) is 0 Å². The molecule has 0 bridgehead atoms. The van der Waals surface area contributed by atoms with Crippen molar-refractivity contribution >= 4 is 99.8 Å². The van der Waals surface area contributed by atoms with Gasteiger partial charge in [-0.05, 0) is 19.5 Å². The summed E-state index contributed by atoms with van der Waals surface area (Å²) in [5.41, 5.74) is 17.3. The first-order valence-electron chi connectivity index (χ1n) is 24.2. The van der Waals surface area contributed by atoms with Crippen molar-refractivity contribution in [1.82, 2.24) is 45.8 Å². The Bertz CT molecular complexity index is 2670. The number of carbonyl (C=O) groups excluding carboxylic acids is 6. The molecule has 1 aliphatic rings. The molecule has 0 atom stereocenters. The van der Waals surface area contributed by atoms with E-state index < -0.39 is 132 Å². The van der Waals surface area contributed by atoms with Gasteiger partial charge in [-0.3, -0.25) is 66.3 Å². The summed E-state index contributed by atoms with van der Waals surface area (Å²) in [5.74, 6) is -5.99. The summed E-state index contributed by atoms with van der Waals surface area (Å²) in [7, 11) is -26.0. The average molecular weight is 1400 g/mol. The van der Waals surface area contributed by atoms with Gasteiger partial charge in [0.15, 0.2) is 0 Å². The number of aliphatic carboxylic acids is 2. The minimum Gasteiger partial charge on any atom is -0.478 e. The van der Waals surface area contributed by atoms with Gasteiger partial charge in [-0.1, -0.05) is 18.9 Å². The van der Waals surface area contributed by atoms with E-state index in [1.54, 1.807) is 0 Å². The number of aliphatic imine (C=N–C) groups is 1. The molecule has 0 unspecified atom stereocenters. The number of carbonyl (C=O) groups is 8. The van der Waals surface area contributed by atoms with E-state index in [9.17, 15) is 115 Å². The lowest BCUT2D eigenvalue weighted by molar-refractivity contribution is -0.150. The summed E-state index contributed by atoms with van der Waals surface area (Å²) in [6.45, 7) is 6.50. The highest BCUT2D eigenvalue weighted by Gasteiger charge is 2.29. The van der Waals surface area contributed by atoms with Crippen LogP contribution in [0.4, 0.5) is 0 Å². The summed E-state index contributed by atoms with van der Waals surface area (Å²) in [6, 6.07) is 0. The lowest BCUT2D eigenvalue weighted by atomic mass is 10.4. The lowest BCUT2D eigenvalue weighted by Crippen LogP contribution is -2.44. The summed E-state index contributed by atoms with van der Waals surface area (Å²) >= 11 is 0. The average Bonchev–Trinajstić information content (AvgIpc) is 3.78. The minimum atomic E-state index is -4.80. The second kappa shape index (κ2) is 49.3. The van der Waals surface area contributed by atoms with Crippen LogP contribution in [0, 0.1) is 0 Å². The Balaban J connectivity index is -0.000000460. The molecule has 0 fully saturated rings. The maximum Gasteiger partial charge on any atom is 0.339 e. The molecule has 41 nitrogen and oxygen atoms in total. The van der Waals surface area contributed by atoms with E-state index in [1.165, 1.54) is 19.2 Å². The van der Waals surface area contributed by atoms with Gasteiger partial charge in [-0.15, -0.1) is 0 Å². The first-order valence-corrected chi connectivity index (χ1v) is 35.2. The topological polar surface area (TPSA) is 660 Å². The molecule has 0 aromatic carbocycles. The lowest BCUT2D eigenvalue weighted by Gasteiger charge is -2.30. The molecule has 1 aliphatic heterocycles. The molecule has 4 amide bonds. The molecule has 0 aromatic rings. The summed E-state index contributed by atoms with van der Waals surface area (Å²) in [4.78, 5) is 202. The minimum absolute atomic E-state index is 0. The number of hydrogen-bond donors (Lipinski definition) is 20. The van der Waals surface area contributed by atoms with Gasteiger partial charge in [-0.2, -0.15) is 0 Å². The molecule has 89 heavy (non-hydrogen) atoms. The van der Waals surface area contributed by atoms with E-state index >= 15 is 0 Å². The van der Waals surface area contributed by atoms with E-state index in [2.05, 4.69) is 54.9 Å². The number of nitrogens with zero attached hydrogens (tertiary/aromatic N) is 6. The van der Waals surface area contributed by atoms with Crippen molar-refractivity contribution in [3.8, 4) is 0 Å². The molecular weight excluding hydrogens is 1320 g/mol. The molecule has 0 saturated heterocycles. The normalized spacial score (nSPS) is 12.2. The van der Waals surface area contributed by atoms with E-state index in [0.717, 1.165) is 50.6 Å². The summed E-state index contributed by atoms with van der Waals surface area (Å²) in [5, 5.41) is 27.0. The van der Waals surface area contributed by atoms with Gasteiger partial charge in [-0.25, -0.2) is 19.2 Å². The molecular formula is C42H80N12O29P6. The fraction of sp³-hybridized carbons (Fsp3) is 0.524. The SMILES string of the molecule is C.C=NCN(CCN(CP(=O)(O)O)CP(=O)(O)O)C(=O)C=C=C=C=CC(=O)N(CCN(CP(=O)(O)O)CP(=O)(O)O)CN(C)CP(=O)(O)O.CP(=O)(O)O.NCCNCCNC(=O)/C=C\C(=O)NCCNCCN.O=C(O)/C=C\C(=O)O.O=C1C=CC(=O)O1. The standard InChI is InChI=1S/C20H39N6O17P5.C12H26N6O2.C4H4O4.C4H2O3.CH5O3P.CH4/c1-21-12-25(10-8-23(15-45(32,33)34)16-46(35,36)37)19(27)6-4-3-5-7-20(28)26(13-22(2)14-44(29,30)31)11-9-24(17-47(38,39)40)18-48(41,42)43;13-3-5-15-7-9-17-11(19)1-2-12(20)18-10-8-16-6-4-14;5-3(6)1-2-4(7)8;5-3-1-2-4(6)7-3;1-5(2,3)4;/h6-7H,1,8-18H2,2H3,(H2,29,30,31)(H2,32,33,34)(H2,35,36,37)(H2,38,39,40)(H2,41,42,43);1-2,15-16H,3-10,13-14H2,(H,17,19)(H,18,20);1-2H,(H,5,6)(H,7,8);1-2H;1H3,(H2,2,3,4);1H4/b;2*2-1-;;;. The summed E-state index contributed by atoms with van der Waals surface area (Å²) in [6.07, 6.45) is 2.30. The Kier molecular flexibility index (Phi) is 51.1. The third kappa shape index (κ3) is 73.2. The van der Waals surface area contributed by atoms with Crippen LogP contribution in [0.3, 0.4) is 0 Å². The Morgan fingerprint density at radius 2 is 0.888 bits per heavy atom. The molecule has 0 aromatic heterocycles. The van der Waals surface area contributed by atoms with Gasteiger partial charge in [0, 0.05) is 122 Å². The number of cyclic esters (lactones) is 2. The fourth-order valence-corrected chi connectivity index (χ4v) is 9.43. The van der Waals surface area contributed by atoms with Crippen molar-refractivity contribution in [3.05, 3.63) is 65.8 Å². The number of hydrogen-bond acceptors (Lipinski definition) is 23. The molecule has 0 radical (unpaired) electrons. The second-order valence-corrected chi connectivity index (χ2v) is 26.7. The zero-order valence-corrected chi connectivity index (χ0v) is 52.5. The van der Waals surface area contributed by atoms with Crippen molar-refractivity contribution in [3.63, 3.8) is 0 Å². The van der Waals surface area contributed by atoms with Crippen LogP contribution < -0.4 is 32.7 Å². The molecule has 0 spiro atoms. The van der Waals surface area contributed by atoms with E-state index in [4.69, 9.17) is 31.5 Å². The first kappa shape index (κ1) is 92.3. The van der Waals surface area contributed by atoms with Crippen LogP contribution in [0.1, 0.15) is 7.43 Å². The van der Waals surface area contributed by atoms with Gasteiger partial charge in [0.05, 0.1) is 18.8 Å². The van der Waals surface area contributed by atoms with Crippen LogP contribution in [-0.4, -0.2) is 285 Å². The quantitative estimate of drug-likeness (QED) is 0.00406. The zero-order chi connectivity index (χ0) is 69.0. The molecule has 22 N–H and O–H groups in total. The highest BCUT2D eigenvalue weighted by atomic mass is 31.2. The van der Waals surface area contributed by atoms with Gasteiger partial charge in [0.25, 0.3) is 11.8 Å².